The van der Waals surface area contributed by atoms with Crippen LogP contribution in [-0.2, 0) is 28.6 Å². The van der Waals surface area contributed by atoms with Crippen molar-refractivity contribution in [1.82, 2.24) is 0 Å². The van der Waals surface area contributed by atoms with Crippen LogP contribution in [0, 0.1) is 0 Å². The summed E-state index contributed by atoms with van der Waals surface area (Å²) in [6, 6.07) is 0. The molecule has 0 rings (SSSR count). The van der Waals surface area contributed by atoms with Crippen molar-refractivity contribution in [2.45, 2.75) is 316 Å². The molecule has 0 saturated carbocycles. The van der Waals surface area contributed by atoms with Gasteiger partial charge >= 0.3 is 17.9 Å². The first-order valence-electron chi connectivity index (χ1n) is 29.6. The number of esters is 3. The van der Waals surface area contributed by atoms with Crippen LogP contribution in [0.5, 0.6) is 0 Å². The highest BCUT2D eigenvalue weighted by Gasteiger charge is 2.19. The molecule has 0 aromatic rings. The molecule has 0 spiro atoms. The minimum Gasteiger partial charge on any atom is -0.462 e. The normalized spacial score (nSPS) is 12.3. The maximum atomic E-state index is 12.8. The summed E-state index contributed by atoms with van der Waals surface area (Å²) in [7, 11) is 0. The highest BCUT2D eigenvalue weighted by molar-refractivity contribution is 5.71. The third-order valence-corrected chi connectivity index (χ3v) is 13.1. The Labute approximate surface area is 422 Å². The molecule has 6 nitrogen and oxygen atoms in total. The van der Waals surface area contributed by atoms with Crippen molar-refractivity contribution < 1.29 is 28.6 Å². The van der Waals surface area contributed by atoms with Gasteiger partial charge in [-0.15, -0.1) is 0 Å². The van der Waals surface area contributed by atoms with E-state index in [2.05, 4.69) is 69.4 Å². The molecule has 0 heterocycles. The fraction of sp³-hybridized carbons (Fsp3) is 0.823. The molecule has 0 aromatic carbocycles. The number of hydrogen-bond donors (Lipinski definition) is 0. The molecular weight excluding hydrogens is 841 g/mol. The number of rotatable bonds is 54. The first kappa shape index (κ1) is 65.4. The molecule has 68 heavy (non-hydrogen) atoms. The number of carbonyl (C=O) groups is 3. The quantitative estimate of drug-likeness (QED) is 0.0262. The average molecular weight is 954 g/mol. The Bertz CT molecular complexity index is 1190. The van der Waals surface area contributed by atoms with Crippen LogP contribution in [0.2, 0.25) is 0 Å². The van der Waals surface area contributed by atoms with E-state index < -0.39 is 6.10 Å². The van der Waals surface area contributed by atoms with Crippen LogP contribution in [0.15, 0.2) is 48.6 Å². The molecule has 6 heteroatoms. The van der Waals surface area contributed by atoms with E-state index in [9.17, 15) is 14.4 Å². The molecule has 0 radical (unpaired) electrons. The van der Waals surface area contributed by atoms with Crippen LogP contribution in [-0.4, -0.2) is 37.2 Å². The lowest BCUT2D eigenvalue weighted by Gasteiger charge is -2.18. The summed E-state index contributed by atoms with van der Waals surface area (Å²) in [5.41, 5.74) is 0. The van der Waals surface area contributed by atoms with Gasteiger partial charge in [0.2, 0.25) is 0 Å². The molecule has 1 atom stereocenters. The molecule has 0 N–H and O–H groups in total. The maximum Gasteiger partial charge on any atom is 0.306 e. The van der Waals surface area contributed by atoms with Crippen molar-refractivity contribution in [1.29, 1.82) is 0 Å². The third kappa shape index (κ3) is 54.3. The van der Waals surface area contributed by atoms with E-state index in [0.29, 0.717) is 19.3 Å². The fourth-order valence-corrected chi connectivity index (χ4v) is 8.56. The van der Waals surface area contributed by atoms with Gasteiger partial charge in [-0.1, -0.05) is 256 Å². The van der Waals surface area contributed by atoms with Crippen LogP contribution in [0.3, 0.4) is 0 Å². The number of allylic oxidation sites excluding steroid dienone is 8. The van der Waals surface area contributed by atoms with E-state index in [0.717, 1.165) is 89.9 Å². The van der Waals surface area contributed by atoms with E-state index in [4.69, 9.17) is 14.2 Å². The van der Waals surface area contributed by atoms with Gasteiger partial charge in [-0.05, 0) is 83.5 Å². The van der Waals surface area contributed by atoms with Gasteiger partial charge in [0.1, 0.15) is 13.2 Å². The van der Waals surface area contributed by atoms with Gasteiger partial charge in [0.05, 0.1) is 0 Å². The molecule has 0 aliphatic rings. The summed E-state index contributed by atoms with van der Waals surface area (Å²) in [5.74, 6) is -0.884. The van der Waals surface area contributed by atoms with Crippen LogP contribution in [0.1, 0.15) is 310 Å². The monoisotopic (exact) mass is 953 g/mol. The smallest absolute Gasteiger partial charge is 0.306 e. The Balaban J connectivity index is 4.36. The summed E-state index contributed by atoms with van der Waals surface area (Å²) in [6.07, 6.45) is 69.5. The molecule has 0 aromatic heterocycles. The summed E-state index contributed by atoms with van der Waals surface area (Å²) in [6.45, 7) is 6.64. The van der Waals surface area contributed by atoms with Gasteiger partial charge in [0, 0.05) is 19.3 Å². The number of hydrogen-bond acceptors (Lipinski definition) is 6. The largest absolute Gasteiger partial charge is 0.462 e. The SMILES string of the molecule is CCCCCCC/C=C\C/C=C\C/C=C\CCCCCCCCC(=O)OCC(COC(=O)CCCCCCCCCCCCCCCC)OC(=O)CCCCCCC/C=C\CCCCCCCC. The molecule has 0 fully saturated rings. The van der Waals surface area contributed by atoms with Crippen LogP contribution in [0.4, 0.5) is 0 Å². The minimum absolute atomic E-state index is 0.0777. The Hall–Kier alpha value is -2.63. The van der Waals surface area contributed by atoms with Crippen LogP contribution >= 0.6 is 0 Å². The van der Waals surface area contributed by atoms with Crippen molar-refractivity contribution in [3.63, 3.8) is 0 Å². The molecular formula is C62H112O6. The lowest BCUT2D eigenvalue weighted by molar-refractivity contribution is -0.167. The average Bonchev–Trinajstić information content (AvgIpc) is 3.34. The summed E-state index contributed by atoms with van der Waals surface area (Å²) >= 11 is 0. The molecule has 1 unspecified atom stereocenters. The van der Waals surface area contributed by atoms with E-state index in [-0.39, 0.29) is 31.1 Å². The lowest BCUT2D eigenvalue weighted by atomic mass is 10.0. The van der Waals surface area contributed by atoms with Crippen LogP contribution in [0.25, 0.3) is 0 Å². The second-order valence-corrected chi connectivity index (χ2v) is 19.9. The standard InChI is InChI=1S/C62H112O6/c1-4-7-10-13-16-19-22-25-28-29-30-31-32-33-35-37-40-43-46-49-52-55-61(64)67-58-59(57-66-60(63)54-51-48-45-42-39-36-27-24-21-18-15-12-9-6-3)68-62(65)56-53-50-47-44-41-38-34-26-23-20-17-14-11-8-5-2/h22,25-26,29-30,32-34,59H,4-21,23-24,27-28,31,35-58H2,1-3H3/b25-22-,30-29-,33-32-,34-26-. The number of ether oxygens (including phenoxy) is 3. The summed E-state index contributed by atoms with van der Waals surface area (Å²) in [5, 5.41) is 0. The van der Waals surface area contributed by atoms with Gasteiger partial charge < -0.3 is 14.2 Å². The Morgan fingerprint density at radius 1 is 0.294 bits per heavy atom. The number of carbonyl (C=O) groups excluding carboxylic acids is 3. The topological polar surface area (TPSA) is 78.9 Å². The molecule has 396 valence electrons. The van der Waals surface area contributed by atoms with Gasteiger partial charge in [0.15, 0.2) is 6.10 Å². The zero-order valence-corrected chi connectivity index (χ0v) is 45.4. The third-order valence-electron chi connectivity index (χ3n) is 13.1. The second kappa shape index (κ2) is 57.0. The zero-order valence-electron chi connectivity index (χ0n) is 45.4. The first-order chi connectivity index (χ1) is 33.5. The molecule has 0 bridgehead atoms. The minimum atomic E-state index is -0.781. The highest BCUT2D eigenvalue weighted by atomic mass is 16.6. The van der Waals surface area contributed by atoms with E-state index in [1.807, 2.05) is 0 Å². The Morgan fingerprint density at radius 3 is 0.838 bits per heavy atom. The predicted molar refractivity (Wildman–Crippen MR) is 293 cm³/mol. The zero-order chi connectivity index (χ0) is 49.3. The van der Waals surface area contributed by atoms with E-state index >= 15 is 0 Å². The molecule has 0 saturated heterocycles. The maximum absolute atomic E-state index is 12.8. The highest BCUT2D eigenvalue weighted by Crippen LogP contribution is 2.16. The van der Waals surface area contributed by atoms with Crippen molar-refractivity contribution in [2.75, 3.05) is 13.2 Å². The van der Waals surface area contributed by atoms with Crippen molar-refractivity contribution >= 4 is 17.9 Å². The summed E-state index contributed by atoms with van der Waals surface area (Å²) in [4.78, 5) is 38.2. The van der Waals surface area contributed by atoms with Crippen LogP contribution < -0.4 is 0 Å². The molecule has 0 amide bonds. The molecule has 0 aliphatic heterocycles. The van der Waals surface area contributed by atoms with E-state index in [1.165, 1.54) is 180 Å². The molecule has 0 aliphatic carbocycles. The van der Waals surface area contributed by atoms with Gasteiger partial charge in [0.25, 0.3) is 0 Å². The van der Waals surface area contributed by atoms with Crippen molar-refractivity contribution in [2.24, 2.45) is 0 Å². The second-order valence-electron chi connectivity index (χ2n) is 19.9. The van der Waals surface area contributed by atoms with Crippen molar-refractivity contribution in [3.05, 3.63) is 48.6 Å². The van der Waals surface area contributed by atoms with Crippen molar-refractivity contribution in [3.8, 4) is 0 Å². The number of unbranched alkanes of at least 4 members (excludes halogenated alkanes) is 35. The fourth-order valence-electron chi connectivity index (χ4n) is 8.56. The van der Waals surface area contributed by atoms with E-state index in [1.54, 1.807) is 0 Å². The van der Waals surface area contributed by atoms with Gasteiger partial charge in [-0.2, -0.15) is 0 Å². The summed E-state index contributed by atoms with van der Waals surface area (Å²) < 4.78 is 16.9. The van der Waals surface area contributed by atoms with Gasteiger partial charge in [-0.25, -0.2) is 0 Å². The lowest BCUT2D eigenvalue weighted by Crippen LogP contribution is -2.30. The Kier molecular flexibility index (Phi) is 54.8. The predicted octanol–water partition coefficient (Wildman–Crippen LogP) is 19.8. The van der Waals surface area contributed by atoms with Gasteiger partial charge in [-0.3, -0.25) is 14.4 Å². The Morgan fingerprint density at radius 2 is 0.529 bits per heavy atom. The first-order valence-corrected chi connectivity index (χ1v) is 29.6.